The van der Waals surface area contributed by atoms with Gasteiger partial charge in [-0.25, -0.2) is 18.1 Å². The maximum atomic E-state index is 11.5. The molecular weight excluding hydrogens is 228 g/mol. The molecule has 1 rings (SSSR count). The summed E-state index contributed by atoms with van der Waals surface area (Å²) in [5.41, 5.74) is 5.30. The summed E-state index contributed by atoms with van der Waals surface area (Å²) in [5, 5.41) is 0. The highest BCUT2D eigenvalue weighted by Gasteiger charge is 2.10. The Hall–Kier alpha value is -0.920. The molecule has 0 aliphatic carbocycles. The molecule has 0 aromatic carbocycles. The van der Waals surface area contributed by atoms with Crippen LogP contribution in [0.1, 0.15) is 18.7 Å². The number of nitrogens with zero attached hydrogens (tertiary/aromatic N) is 2. The maximum Gasteiger partial charge on any atom is 0.212 e. The van der Waals surface area contributed by atoms with E-state index in [9.17, 15) is 8.42 Å². The van der Waals surface area contributed by atoms with Crippen molar-refractivity contribution >= 4 is 10.0 Å². The minimum absolute atomic E-state index is 0.120. The molecule has 0 aliphatic heterocycles. The van der Waals surface area contributed by atoms with Crippen LogP contribution in [0.4, 0.5) is 0 Å². The van der Waals surface area contributed by atoms with Crippen molar-refractivity contribution in [3.05, 3.63) is 18.2 Å². The third kappa shape index (κ3) is 4.30. The fourth-order valence-electron chi connectivity index (χ4n) is 1.25. The van der Waals surface area contributed by atoms with Gasteiger partial charge in [-0.15, -0.1) is 0 Å². The van der Waals surface area contributed by atoms with E-state index in [1.165, 1.54) is 0 Å². The summed E-state index contributed by atoms with van der Waals surface area (Å²) >= 11 is 0. The molecular formula is C9H18N4O2S. The quantitative estimate of drug-likeness (QED) is 0.639. The van der Waals surface area contributed by atoms with E-state index in [0.717, 1.165) is 6.42 Å². The first-order valence-corrected chi connectivity index (χ1v) is 6.84. The Morgan fingerprint density at radius 1 is 1.50 bits per heavy atom. The molecule has 0 spiro atoms. The van der Waals surface area contributed by atoms with Crippen LogP contribution >= 0.6 is 0 Å². The van der Waals surface area contributed by atoms with E-state index in [4.69, 9.17) is 5.73 Å². The molecule has 1 aromatic rings. The zero-order valence-electron chi connectivity index (χ0n) is 9.39. The van der Waals surface area contributed by atoms with Crippen molar-refractivity contribution in [2.24, 2.45) is 12.8 Å². The molecule has 0 saturated carbocycles. The molecule has 0 amide bonds. The van der Waals surface area contributed by atoms with E-state index in [0.29, 0.717) is 18.8 Å². The molecule has 6 nitrogen and oxygen atoms in total. The summed E-state index contributed by atoms with van der Waals surface area (Å²) in [7, 11) is -1.38. The van der Waals surface area contributed by atoms with E-state index in [2.05, 4.69) is 9.71 Å². The van der Waals surface area contributed by atoms with Crippen molar-refractivity contribution in [1.29, 1.82) is 0 Å². The fraction of sp³-hybridized carbons (Fsp3) is 0.667. The predicted octanol–water partition coefficient (Wildman–Crippen LogP) is -0.422. The molecule has 16 heavy (non-hydrogen) atoms. The summed E-state index contributed by atoms with van der Waals surface area (Å²) in [6.45, 7) is 0.753. The maximum absolute atomic E-state index is 11.5. The van der Waals surface area contributed by atoms with Gasteiger partial charge in [0.05, 0.1) is 12.3 Å². The lowest BCUT2D eigenvalue weighted by atomic mass is 10.3. The Balaban J connectivity index is 2.39. The van der Waals surface area contributed by atoms with E-state index < -0.39 is 10.0 Å². The Morgan fingerprint density at radius 3 is 2.81 bits per heavy atom. The molecule has 1 aromatic heterocycles. The summed E-state index contributed by atoms with van der Waals surface area (Å²) in [6, 6.07) is 0. The van der Waals surface area contributed by atoms with Crippen LogP contribution in [0.15, 0.2) is 12.4 Å². The molecule has 0 radical (unpaired) electrons. The van der Waals surface area contributed by atoms with Crippen LogP contribution in [0.3, 0.4) is 0 Å². The molecule has 0 saturated heterocycles. The lowest BCUT2D eigenvalue weighted by Crippen LogP contribution is -2.27. The molecule has 0 bridgehead atoms. The van der Waals surface area contributed by atoms with Gasteiger partial charge < -0.3 is 10.3 Å². The zero-order chi connectivity index (χ0) is 12.0. The standard InChI is InChI=1S/C9H18N4O2S/c1-13-6-5-11-9(13)8-12-16(14,15)7-3-2-4-10/h5-6,12H,2-4,7-8,10H2,1H3. The first-order chi connectivity index (χ1) is 7.55. The van der Waals surface area contributed by atoms with Gasteiger partial charge in [0.2, 0.25) is 10.0 Å². The first-order valence-electron chi connectivity index (χ1n) is 5.19. The van der Waals surface area contributed by atoms with E-state index in [1.807, 2.05) is 7.05 Å². The van der Waals surface area contributed by atoms with Gasteiger partial charge in [-0.3, -0.25) is 0 Å². The van der Waals surface area contributed by atoms with Crippen LogP contribution in [-0.2, 0) is 23.6 Å². The predicted molar refractivity (Wildman–Crippen MR) is 62.1 cm³/mol. The second-order valence-electron chi connectivity index (χ2n) is 3.59. The largest absolute Gasteiger partial charge is 0.337 e. The number of nitrogens with two attached hydrogens (primary N) is 1. The number of imidazole rings is 1. The summed E-state index contributed by atoms with van der Waals surface area (Å²) in [6.07, 6.45) is 4.73. The molecule has 92 valence electrons. The van der Waals surface area contributed by atoms with E-state index >= 15 is 0 Å². The van der Waals surface area contributed by atoms with E-state index in [-0.39, 0.29) is 12.3 Å². The zero-order valence-corrected chi connectivity index (χ0v) is 10.2. The summed E-state index contributed by atoms with van der Waals surface area (Å²) in [4.78, 5) is 4.03. The monoisotopic (exact) mass is 246 g/mol. The van der Waals surface area contributed by atoms with Crippen LogP contribution in [-0.4, -0.2) is 30.3 Å². The number of sulfonamides is 1. The molecule has 1 heterocycles. The van der Waals surface area contributed by atoms with Gasteiger partial charge in [0.15, 0.2) is 0 Å². The smallest absolute Gasteiger partial charge is 0.212 e. The molecule has 0 aliphatic rings. The lowest BCUT2D eigenvalue weighted by molar-refractivity contribution is 0.573. The molecule has 0 fully saturated rings. The Morgan fingerprint density at radius 2 is 2.25 bits per heavy atom. The highest BCUT2D eigenvalue weighted by Crippen LogP contribution is 1.97. The Bertz CT molecular complexity index is 413. The first kappa shape index (κ1) is 13.1. The number of rotatable bonds is 7. The number of unbranched alkanes of at least 4 members (excludes halogenated alkanes) is 1. The van der Waals surface area contributed by atoms with Gasteiger partial charge in [0, 0.05) is 19.4 Å². The third-order valence-corrected chi connectivity index (χ3v) is 3.65. The van der Waals surface area contributed by atoms with Crippen molar-refractivity contribution in [1.82, 2.24) is 14.3 Å². The van der Waals surface area contributed by atoms with Gasteiger partial charge in [-0.05, 0) is 19.4 Å². The Kier molecular flexibility index (Phi) is 4.91. The van der Waals surface area contributed by atoms with Gasteiger partial charge in [0.1, 0.15) is 5.82 Å². The van der Waals surface area contributed by atoms with Crippen molar-refractivity contribution < 1.29 is 8.42 Å². The number of aryl methyl sites for hydroxylation is 1. The van der Waals surface area contributed by atoms with Crippen molar-refractivity contribution in [3.63, 3.8) is 0 Å². The normalized spacial score (nSPS) is 11.9. The minimum Gasteiger partial charge on any atom is -0.337 e. The van der Waals surface area contributed by atoms with Crippen LogP contribution in [0.25, 0.3) is 0 Å². The minimum atomic E-state index is -3.21. The van der Waals surface area contributed by atoms with E-state index in [1.54, 1.807) is 17.0 Å². The number of aromatic nitrogens is 2. The topological polar surface area (TPSA) is 90.0 Å². The van der Waals surface area contributed by atoms with Gasteiger partial charge >= 0.3 is 0 Å². The molecule has 7 heteroatoms. The second-order valence-corrected chi connectivity index (χ2v) is 5.52. The molecule has 0 unspecified atom stereocenters. The van der Waals surface area contributed by atoms with Crippen LogP contribution < -0.4 is 10.5 Å². The SMILES string of the molecule is Cn1ccnc1CNS(=O)(=O)CCCCN. The van der Waals surface area contributed by atoms with Crippen LogP contribution in [0.2, 0.25) is 0 Å². The number of hydrogen-bond acceptors (Lipinski definition) is 4. The van der Waals surface area contributed by atoms with Crippen molar-refractivity contribution in [2.75, 3.05) is 12.3 Å². The van der Waals surface area contributed by atoms with Crippen LogP contribution in [0.5, 0.6) is 0 Å². The lowest BCUT2D eigenvalue weighted by Gasteiger charge is -2.06. The van der Waals surface area contributed by atoms with Crippen molar-refractivity contribution in [2.45, 2.75) is 19.4 Å². The highest BCUT2D eigenvalue weighted by atomic mass is 32.2. The molecule has 3 N–H and O–H groups in total. The summed E-state index contributed by atoms with van der Waals surface area (Å²) < 4.78 is 27.3. The van der Waals surface area contributed by atoms with Gasteiger partial charge in [-0.2, -0.15) is 0 Å². The average Bonchev–Trinajstić information content (AvgIpc) is 2.62. The average molecular weight is 246 g/mol. The summed E-state index contributed by atoms with van der Waals surface area (Å²) in [5.74, 6) is 0.816. The Labute approximate surface area is 95.9 Å². The highest BCUT2D eigenvalue weighted by molar-refractivity contribution is 7.89. The number of nitrogens with one attached hydrogen (secondary N) is 1. The fourth-order valence-corrected chi connectivity index (χ4v) is 2.33. The van der Waals surface area contributed by atoms with Gasteiger partial charge in [0.25, 0.3) is 0 Å². The second kappa shape index (κ2) is 5.97. The van der Waals surface area contributed by atoms with Crippen LogP contribution in [0, 0.1) is 0 Å². The van der Waals surface area contributed by atoms with Gasteiger partial charge in [-0.1, -0.05) is 0 Å². The third-order valence-electron chi connectivity index (χ3n) is 2.24. The molecule has 0 atom stereocenters. The van der Waals surface area contributed by atoms with Crippen molar-refractivity contribution in [3.8, 4) is 0 Å². The number of hydrogen-bond donors (Lipinski definition) is 2.